The first-order valence-electron chi connectivity index (χ1n) is 9.74. The fourth-order valence-electron chi connectivity index (χ4n) is 3.35. The Kier molecular flexibility index (Phi) is 12.2. The Morgan fingerprint density at radius 1 is 1.27 bits per heavy atom. The van der Waals surface area contributed by atoms with Crippen LogP contribution in [0.25, 0.3) is 0 Å². The highest BCUT2D eigenvalue weighted by Crippen LogP contribution is 2.18. The number of esters is 1. The van der Waals surface area contributed by atoms with Crippen LogP contribution in [0.3, 0.4) is 0 Å². The molecule has 0 bridgehead atoms. The minimum Gasteiger partial charge on any atom is -0.466 e. The van der Waals surface area contributed by atoms with Crippen molar-refractivity contribution in [2.75, 3.05) is 65.6 Å². The SMILES string of the molecule is CCNC(=NCCCN1CCOCC1)N1CCCC(C(=O)OCC)C1.I. The monoisotopic (exact) mass is 482 g/mol. The number of guanidine groups is 1. The summed E-state index contributed by atoms with van der Waals surface area (Å²) in [6.45, 7) is 12.5. The summed E-state index contributed by atoms with van der Waals surface area (Å²) in [5, 5.41) is 3.37. The number of likely N-dealkylation sites (tertiary alicyclic amines) is 1. The minimum atomic E-state index is -0.0737. The van der Waals surface area contributed by atoms with Crippen molar-refractivity contribution in [1.29, 1.82) is 0 Å². The molecule has 0 spiro atoms. The maximum absolute atomic E-state index is 12.0. The zero-order valence-electron chi connectivity index (χ0n) is 16.2. The van der Waals surface area contributed by atoms with E-state index < -0.39 is 0 Å². The lowest BCUT2D eigenvalue weighted by Crippen LogP contribution is -2.48. The molecule has 2 saturated heterocycles. The molecule has 2 rings (SSSR count). The molecule has 2 heterocycles. The molecule has 0 saturated carbocycles. The van der Waals surface area contributed by atoms with Crippen LogP contribution in [-0.4, -0.2) is 87.4 Å². The second-order valence-corrected chi connectivity index (χ2v) is 6.58. The van der Waals surface area contributed by atoms with Gasteiger partial charge in [-0.3, -0.25) is 14.7 Å². The Bertz CT molecular complexity index is 431. The molecule has 2 fully saturated rings. The van der Waals surface area contributed by atoms with Gasteiger partial charge in [0, 0.05) is 45.8 Å². The predicted octanol–water partition coefficient (Wildman–Crippen LogP) is 1.57. The number of hydrogen-bond donors (Lipinski definition) is 1. The number of morpholine rings is 1. The second-order valence-electron chi connectivity index (χ2n) is 6.58. The number of halogens is 1. The molecule has 0 aromatic rings. The van der Waals surface area contributed by atoms with Crippen molar-refractivity contribution in [3.05, 3.63) is 0 Å². The van der Waals surface area contributed by atoms with Crippen molar-refractivity contribution in [2.45, 2.75) is 33.1 Å². The van der Waals surface area contributed by atoms with Crippen molar-refractivity contribution >= 4 is 35.9 Å². The van der Waals surface area contributed by atoms with Crippen LogP contribution in [0.5, 0.6) is 0 Å². The summed E-state index contributed by atoms with van der Waals surface area (Å²) in [7, 11) is 0. The third-order valence-corrected chi connectivity index (χ3v) is 4.67. The molecular formula is C18H35IN4O3. The van der Waals surface area contributed by atoms with Crippen LogP contribution in [0.1, 0.15) is 33.1 Å². The molecule has 0 aliphatic carbocycles. The van der Waals surface area contributed by atoms with Gasteiger partial charge in [0.05, 0.1) is 25.7 Å². The number of piperidine rings is 1. The van der Waals surface area contributed by atoms with E-state index in [-0.39, 0.29) is 35.9 Å². The zero-order chi connectivity index (χ0) is 17.9. The van der Waals surface area contributed by atoms with Crippen molar-refractivity contribution in [2.24, 2.45) is 10.9 Å². The van der Waals surface area contributed by atoms with Crippen LogP contribution in [0.2, 0.25) is 0 Å². The van der Waals surface area contributed by atoms with Gasteiger partial charge in [0.1, 0.15) is 0 Å². The van der Waals surface area contributed by atoms with Crippen molar-refractivity contribution in [1.82, 2.24) is 15.1 Å². The van der Waals surface area contributed by atoms with Crippen molar-refractivity contribution in [3.63, 3.8) is 0 Å². The lowest BCUT2D eigenvalue weighted by Gasteiger charge is -2.34. The molecule has 8 heteroatoms. The normalized spacial score (nSPS) is 21.8. The molecule has 0 aromatic heterocycles. The van der Waals surface area contributed by atoms with Gasteiger partial charge >= 0.3 is 5.97 Å². The lowest BCUT2D eigenvalue weighted by molar-refractivity contribution is -0.149. The summed E-state index contributed by atoms with van der Waals surface area (Å²) in [4.78, 5) is 21.5. The molecule has 0 amide bonds. The van der Waals surface area contributed by atoms with E-state index in [4.69, 9.17) is 14.5 Å². The van der Waals surface area contributed by atoms with Crippen LogP contribution in [0.15, 0.2) is 4.99 Å². The molecule has 152 valence electrons. The van der Waals surface area contributed by atoms with E-state index in [1.807, 2.05) is 6.92 Å². The van der Waals surface area contributed by atoms with Crippen molar-refractivity contribution in [3.8, 4) is 0 Å². The first-order valence-corrected chi connectivity index (χ1v) is 9.74. The molecule has 26 heavy (non-hydrogen) atoms. The summed E-state index contributed by atoms with van der Waals surface area (Å²) in [6.07, 6.45) is 2.96. The van der Waals surface area contributed by atoms with E-state index >= 15 is 0 Å². The summed E-state index contributed by atoms with van der Waals surface area (Å²) < 4.78 is 10.6. The first-order chi connectivity index (χ1) is 12.2. The number of nitrogens with one attached hydrogen (secondary N) is 1. The largest absolute Gasteiger partial charge is 0.466 e. The number of nitrogens with zero attached hydrogens (tertiary/aromatic N) is 3. The molecule has 1 atom stereocenters. The topological polar surface area (TPSA) is 66.4 Å². The van der Waals surface area contributed by atoms with E-state index in [1.54, 1.807) is 0 Å². The highest BCUT2D eigenvalue weighted by atomic mass is 127. The summed E-state index contributed by atoms with van der Waals surface area (Å²) in [5.41, 5.74) is 0. The average molecular weight is 482 g/mol. The number of carbonyl (C=O) groups excluding carboxylic acids is 1. The number of carbonyl (C=O) groups is 1. The fourth-order valence-corrected chi connectivity index (χ4v) is 3.35. The summed E-state index contributed by atoms with van der Waals surface area (Å²) >= 11 is 0. The minimum absolute atomic E-state index is 0. The van der Waals surface area contributed by atoms with Gasteiger partial charge in [0.2, 0.25) is 0 Å². The standard InChI is InChI=1S/C18H34N4O3.HI/c1-3-19-18(20-8-6-9-21-11-13-24-14-12-21)22-10-5-7-16(15-22)17(23)25-4-2;/h16H,3-15H2,1-2H3,(H,19,20);1H. The molecular weight excluding hydrogens is 447 g/mol. The lowest BCUT2D eigenvalue weighted by atomic mass is 9.98. The van der Waals surface area contributed by atoms with Crippen LogP contribution in [-0.2, 0) is 14.3 Å². The quantitative estimate of drug-likeness (QED) is 0.196. The van der Waals surface area contributed by atoms with Crippen LogP contribution in [0.4, 0.5) is 0 Å². The Morgan fingerprint density at radius 3 is 2.73 bits per heavy atom. The maximum Gasteiger partial charge on any atom is 0.310 e. The van der Waals surface area contributed by atoms with Gasteiger partial charge in [-0.05, 0) is 33.1 Å². The fraction of sp³-hybridized carbons (Fsp3) is 0.889. The molecule has 7 nitrogen and oxygen atoms in total. The Labute approximate surface area is 174 Å². The Hall–Kier alpha value is -0.610. The third-order valence-electron chi connectivity index (χ3n) is 4.67. The van der Waals surface area contributed by atoms with Gasteiger partial charge in [0.15, 0.2) is 5.96 Å². The van der Waals surface area contributed by atoms with Crippen LogP contribution < -0.4 is 5.32 Å². The Balaban J connectivity index is 0.00000338. The molecule has 2 aliphatic rings. The molecule has 0 radical (unpaired) electrons. The molecule has 2 aliphatic heterocycles. The second kappa shape index (κ2) is 13.5. The molecule has 1 unspecified atom stereocenters. The number of rotatable bonds is 7. The van der Waals surface area contributed by atoms with E-state index in [9.17, 15) is 4.79 Å². The van der Waals surface area contributed by atoms with E-state index in [0.29, 0.717) is 13.2 Å². The van der Waals surface area contributed by atoms with Crippen LogP contribution >= 0.6 is 24.0 Å². The average Bonchev–Trinajstić information content (AvgIpc) is 2.65. The van der Waals surface area contributed by atoms with Gasteiger partial charge in [-0.2, -0.15) is 0 Å². The predicted molar refractivity (Wildman–Crippen MR) is 114 cm³/mol. The first kappa shape index (κ1) is 23.4. The number of aliphatic imine (C=N–C) groups is 1. The van der Waals surface area contributed by atoms with Gasteiger partial charge < -0.3 is 19.7 Å². The van der Waals surface area contributed by atoms with Gasteiger partial charge in [-0.15, -0.1) is 24.0 Å². The van der Waals surface area contributed by atoms with E-state index in [1.165, 1.54) is 0 Å². The van der Waals surface area contributed by atoms with Crippen LogP contribution in [0, 0.1) is 5.92 Å². The number of hydrogen-bond acceptors (Lipinski definition) is 5. The van der Waals surface area contributed by atoms with E-state index in [0.717, 1.165) is 77.7 Å². The highest BCUT2D eigenvalue weighted by Gasteiger charge is 2.28. The Morgan fingerprint density at radius 2 is 2.04 bits per heavy atom. The smallest absolute Gasteiger partial charge is 0.310 e. The zero-order valence-corrected chi connectivity index (χ0v) is 18.6. The van der Waals surface area contributed by atoms with Gasteiger partial charge in [-0.1, -0.05) is 0 Å². The van der Waals surface area contributed by atoms with Crippen molar-refractivity contribution < 1.29 is 14.3 Å². The number of ether oxygens (including phenoxy) is 2. The maximum atomic E-state index is 12.0. The summed E-state index contributed by atoms with van der Waals surface area (Å²) in [5.74, 6) is 0.819. The molecule has 1 N–H and O–H groups in total. The van der Waals surface area contributed by atoms with E-state index in [2.05, 4.69) is 22.0 Å². The highest BCUT2D eigenvalue weighted by molar-refractivity contribution is 14.0. The summed E-state index contributed by atoms with van der Waals surface area (Å²) in [6, 6.07) is 0. The van der Waals surface area contributed by atoms with Gasteiger partial charge in [-0.25, -0.2) is 0 Å². The van der Waals surface area contributed by atoms with Gasteiger partial charge in [0.25, 0.3) is 0 Å². The molecule has 0 aromatic carbocycles. The third kappa shape index (κ3) is 7.96.